The molecule has 0 bridgehead atoms. The molecule has 4 nitrogen and oxygen atoms in total. The first-order valence-electron chi connectivity index (χ1n) is 4.45. The van der Waals surface area contributed by atoms with Gasteiger partial charge >= 0.3 is 5.97 Å². The normalized spacial score (nSPS) is 25.9. The zero-order valence-electron chi connectivity index (χ0n) is 8.42. The Balaban J connectivity index is 2.33. The molecule has 1 saturated heterocycles. The molecule has 0 aromatic heterocycles. The van der Waals surface area contributed by atoms with Crippen LogP contribution in [0.4, 0.5) is 0 Å². The van der Waals surface area contributed by atoms with Crippen LogP contribution in [0.1, 0.15) is 13.8 Å². The van der Waals surface area contributed by atoms with E-state index in [1.54, 1.807) is 0 Å². The summed E-state index contributed by atoms with van der Waals surface area (Å²) < 4.78 is 9.93. The molecule has 76 valence electrons. The van der Waals surface area contributed by atoms with Crippen molar-refractivity contribution in [3.05, 3.63) is 0 Å². The fraction of sp³-hybridized carbons (Fsp3) is 0.889. The second kappa shape index (κ2) is 4.07. The fourth-order valence-electron chi connectivity index (χ4n) is 1.43. The molecule has 0 spiro atoms. The van der Waals surface area contributed by atoms with Gasteiger partial charge in [-0.15, -0.1) is 0 Å². The van der Waals surface area contributed by atoms with Gasteiger partial charge in [0.1, 0.15) is 6.61 Å². The molecule has 1 heterocycles. The molecule has 13 heavy (non-hydrogen) atoms. The number of esters is 1. The topological polar surface area (TPSA) is 47.6 Å². The average molecular weight is 187 g/mol. The molecule has 4 heteroatoms. The van der Waals surface area contributed by atoms with Gasteiger partial charge in [0, 0.05) is 18.5 Å². The highest BCUT2D eigenvalue weighted by Gasteiger charge is 2.35. The van der Waals surface area contributed by atoms with Gasteiger partial charge in [-0.3, -0.25) is 0 Å². The summed E-state index contributed by atoms with van der Waals surface area (Å²) in [7, 11) is 1.36. The van der Waals surface area contributed by atoms with E-state index < -0.39 is 0 Å². The third-order valence-electron chi connectivity index (χ3n) is 2.41. The molecular weight excluding hydrogens is 170 g/mol. The molecule has 0 aromatic carbocycles. The first-order chi connectivity index (χ1) is 6.06. The van der Waals surface area contributed by atoms with Crippen LogP contribution in [0, 0.1) is 5.41 Å². The molecule has 1 unspecified atom stereocenters. The van der Waals surface area contributed by atoms with Crippen LogP contribution in [-0.4, -0.2) is 38.9 Å². The fourth-order valence-corrected chi connectivity index (χ4v) is 1.43. The lowest BCUT2D eigenvalue weighted by Gasteiger charge is -2.25. The summed E-state index contributed by atoms with van der Waals surface area (Å²) in [5, 5.41) is 3.23. The van der Waals surface area contributed by atoms with E-state index in [2.05, 4.69) is 23.9 Å². The Morgan fingerprint density at radius 1 is 1.62 bits per heavy atom. The summed E-state index contributed by atoms with van der Waals surface area (Å²) >= 11 is 0. The summed E-state index contributed by atoms with van der Waals surface area (Å²) in [6.07, 6.45) is 0.103. The number of hydrogen-bond acceptors (Lipinski definition) is 4. The van der Waals surface area contributed by atoms with Crippen LogP contribution in [0.25, 0.3) is 0 Å². The van der Waals surface area contributed by atoms with E-state index in [0.29, 0.717) is 0 Å². The van der Waals surface area contributed by atoms with Crippen molar-refractivity contribution in [2.24, 2.45) is 5.41 Å². The lowest BCUT2D eigenvalue weighted by molar-refractivity contribution is -0.149. The van der Waals surface area contributed by atoms with Gasteiger partial charge in [0.2, 0.25) is 0 Å². The highest BCUT2D eigenvalue weighted by Crippen LogP contribution is 2.26. The van der Waals surface area contributed by atoms with Crippen LogP contribution in [0.5, 0.6) is 0 Å². The Morgan fingerprint density at radius 3 is 2.77 bits per heavy atom. The van der Waals surface area contributed by atoms with Crippen molar-refractivity contribution < 1.29 is 14.3 Å². The standard InChI is InChI=1S/C9H17NO3/c1-9(2)6-10-4-7(9)13-5-8(11)12-3/h7,10H,4-6H2,1-3H3. The number of carbonyl (C=O) groups excluding carboxylic acids is 1. The third-order valence-corrected chi connectivity index (χ3v) is 2.41. The van der Waals surface area contributed by atoms with Crippen molar-refractivity contribution >= 4 is 5.97 Å². The van der Waals surface area contributed by atoms with Gasteiger partial charge < -0.3 is 14.8 Å². The second-order valence-corrected chi connectivity index (χ2v) is 4.00. The van der Waals surface area contributed by atoms with E-state index in [0.717, 1.165) is 13.1 Å². The van der Waals surface area contributed by atoms with Crippen LogP contribution in [0.2, 0.25) is 0 Å². The quantitative estimate of drug-likeness (QED) is 0.640. The van der Waals surface area contributed by atoms with Crippen LogP contribution in [0.15, 0.2) is 0 Å². The third kappa shape index (κ3) is 2.67. The van der Waals surface area contributed by atoms with Gasteiger partial charge in [-0.25, -0.2) is 4.79 Å². The van der Waals surface area contributed by atoms with Crippen molar-refractivity contribution in [1.82, 2.24) is 5.32 Å². The van der Waals surface area contributed by atoms with Crippen LogP contribution < -0.4 is 5.32 Å². The molecule has 0 aliphatic carbocycles. The number of carbonyl (C=O) groups is 1. The van der Waals surface area contributed by atoms with Crippen molar-refractivity contribution in [3.8, 4) is 0 Å². The molecule has 1 fully saturated rings. The summed E-state index contributed by atoms with van der Waals surface area (Å²) in [5.74, 6) is -0.317. The summed E-state index contributed by atoms with van der Waals surface area (Å²) in [6, 6.07) is 0. The Kier molecular flexibility index (Phi) is 3.27. The maximum absolute atomic E-state index is 10.8. The maximum atomic E-state index is 10.8. The van der Waals surface area contributed by atoms with Crippen LogP contribution in [0.3, 0.4) is 0 Å². The number of ether oxygens (including phenoxy) is 2. The molecule has 0 aromatic rings. The lowest BCUT2D eigenvalue weighted by Crippen LogP contribution is -2.32. The summed E-state index contributed by atoms with van der Waals surface area (Å²) in [6.45, 7) is 6.03. The minimum absolute atomic E-state index is 0.0479. The second-order valence-electron chi connectivity index (χ2n) is 4.00. The first-order valence-corrected chi connectivity index (χ1v) is 4.45. The number of nitrogens with one attached hydrogen (secondary N) is 1. The Bertz CT molecular complexity index is 191. The van der Waals surface area contributed by atoms with E-state index in [1.807, 2.05) is 0 Å². The van der Waals surface area contributed by atoms with Crippen LogP contribution in [-0.2, 0) is 14.3 Å². The average Bonchev–Trinajstić information content (AvgIpc) is 2.41. The van der Waals surface area contributed by atoms with Gasteiger partial charge in [-0.05, 0) is 0 Å². The van der Waals surface area contributed by atoms with E-state index in [9.17, 15) is 4.79 Å². The Hall–Kier alpha value is -0.610. The highest BCUT2D eigenvalue weighted by molar-refractivity contribution is 5.70. The van der Waals surface area contributed by atoms with Crippen molar-refractivity contribution in [3.63, 3.8) is 0 Å². The molecule has 1 aliphatic heterocycles. The van der Waals surface area contributed by atoms with Crippen molar-refractivity contribution in [2.45, 2.75) is 20.0 Å². The largest absolute Gasteiger partial charge is 0.467 e. The lowest BCUT2D eigenvalue weighted by atomic mass is 9.90. The van der Waals surface area contributed by atoms with Gasteiger partial charge in [-0.2, -0.15) is 0 Å². The molecule has 1 aliphatic rings. The predicted molar refractivity (Wildman–Crippen MR) is 48.4 cm³/mol. The summed E-state index contributed by atoms with van der Waals surface area (Å²) in [5.41, 5.74) is 0.105. The zero-order chi connectivity index (χ0) is 9.90. The van der Waals surface area contributed by atoms with E-state index >= 15 is 0 Å². The smallest absolute Gasteiger partial charge is 0.331 e. The minimum atomic E-state index is -0.317. The van der Waals surface area contributed by atoms with Crippen molar-refractivity contribution in [2.75, 3.05) is 26.8 Å². The minimum Gasteiger partial charge on any atom is -0.467 e. The Labute approximate surface area is 78.6 Å². The zero-order valence-corrected chi connectivity index (χ0v) is 8.42. The van der Waals surface area contributed by atoms with E-state index in [1.165, 1.54) is 7.11 Å². The van der Waals surface area contributed by atoms with Gasteiger partial charge in [0.15, 0.2) is 0 Å². The van der Waals surface area contributed by atoms with E-state index in [4.69, 9.17) is 4.74 Å². The summed E-state index contributed by atoms with van der Waals surface area (Å²) in [4.78, 5) is 10.8. The highest BCUT2D eigenvalue weighted by atomic mass is 16.6. The number of hydrogen-bond donors (Lipinski definition) is 1. The predicted octanol–water partition coefficient (Wildman–Crippen LogP) is 0.174. The molecule has 1 N–H and O–H groups in total. The molecule has 0 amide bonds. The van der Waals surface area contributed by atoms with Gasteiger partial charge in [0.05, 0.1) is 13.2 Å². The van der Waals surface area contributed by atoms with Crippen molar-refractivity contribution in [1.29, 1.82) is 0 Å². The first kappa shape index (κ1) is 10.5. The SMILES string of the molecule is COC(=O)COC1CNCC1(C)C. The Morgan fingerprint density at radius 2 is 2.31 bits per heavy atom. The molecule has 0 radical (unpaired) electrons. The van der Waals surface area contributed by atoms with E-state index in [-0.39, 0.29) is 24.1 Å². The molecule has 0 saturated carbocycles. The molecule has 1 rings (SSSR count). The number of methoxy groups -OCH3 is 1. The molecular formula is C9H17NO3. The van der Waals surface area contributed by atoms with Crippen LogP contribution >= 0.6 is 0 Å². The monoisotopic (exact) mass is 187 g/mol. The van der Waals surface area contributed by atoms with Gasteiger partial charge in [0.25, 0.3) is 0 Å². The number of rotatable bonds is 3. The molecule has 1 atom stereocenters. The maximum Gasteiger partial charge on any atom is 0.331 e. The van der Waals surface area contributed by atoms with Gasteiger partial charge in [-0.1, -0.05) is 13.8 Å².